The third kappa shape index (κ3) is 2.89. The molecular formula is C15H14FN3O3. The van der Waals surface area contributed by atoms with Crippen LogP contribution in [0.2, 0.25) is 0 Å². The Bertz CT molecular complexity index is 678. The van der Waals surface area contributed by atoms with E-state index in [2.05, 4.69) is 4.98 Å². The van der Waals surface area contributed by atoms with E-state index < -0.39 is 4.92 Å². The van der Waals surface area contributed by atoms with Gasteiger partial charge in [-0.2, -0.15) is 0 Å². The molecule has 1 atom stereocenters. The van der Waals surface area contributed by atoms with Crippen LogP contribution < -0.4 is 4.90 Å². The molecule has 0 radical (unpaired) electrons. The van der Waals surface area contributed by atoms with E-state index in [1.807, 2.05) is 4.90 Å². The third-order valence-electron chi connectivity index (χ3n) is 3.57. The van der Waals surface area contributed by atoms with Gasteiger partial charge in [-0.25, -0.2) is 9.37 Å². The van der Waals surface area contributed by atoms with Crippen molar-refractivity contribution in [2.24, 2.45) is 0 Å². The fourth-order valence-electron chi connectivity index (χ4n) is 2.50. The van der Waals surface area contributed by atoms with Crippen molar-refractivity contribution < 1.29 is 14.1 Å². The van der Waals surface area contributed by atoms with Crippen LogP contribution in [0.15, 0.2) is 42.6 Å². The zero-order valence-electron chi connectivity index (χ0n) is 11.7. The first-order valence-corrected chi connectivity index (χ1v) is 6.86. The van der Waals surface area contributed by atoms with Gasteiger partial charge in [-0.1, -0.05) is 12.1 Å². The minimum absolute atomic E-state index is 0.0257. The maximum atomic E-state index is 13.0. The van der Waals surface area contributed by atoms with Crippen LogP contribution in [0.25, 0.3) is 0 Å². The number of ether oxygens (including phenoxy) is 1. The Hall–Kier alpha value is -2.54. The predicted molar refractivity (Wildman–Crippen MR) is 78.2 cm³/mol. The topological polar surface area (TPSA) is 68.5 Å². The second-order valence-corrected chi connectivity index (χ2v) is 4.96. The number of pyridine rings is 1. The van der Waals surface area contributed by atoms with Crippen LogP contribution in [0.1, 0.15) is 11.7 Å². The Labute approximate surface area is 126 Å². The molecular weight excluding hydrogens is 289 g/mol. The summed E-state index contributed by atoms with van der Waals surface area (Å²) in [5, 5.41) is 11.1. The Kier molecular flexibility index (Phi) is 3.97. The first kappa shape index (κ1) is 14.4. The van der Waals surface area contributed by atoms with E-state index in [9.17, 15) is 14.5 Å². The smallest absolute Gasteiger partial charge is 0.311 e. The molecule has 22 heavy (non-hydrogen) atoms. The number of aromatic nitrogens is 1. The predicted octanol–water partition coefficient (Wildman–Crippen LogP) is 2.71. The van der Waals surface area contributed by atoms with Crippen LogP contribution in [0.3, 0.4) is 0 Å². The van der Waals surface area contributed by atoms with Crippen molar-refractivity contribution in [2.45, 2.75) is 6.10 Å². The monoisotopic (exact) mass is 303 g/mol. The number of anilines is 1. The van der Waals surface area contributed by atoms with Crippen molar-refractivity contribution in [1.29, 1.82) is 0 Å². The molecule has 2 heterocycles. The number of nitrogens with zero attached hydrogens (tertiary/aromatic N) is 3. The molecule has 0 saturated carbocycles. The molecule has 114 valence electrons. The highest BCUT2D eigenvalue weighted by Crippen LogP contribution is 2.30. The molecule has 3 rings (SSSR count). The standard InChI is InChI=1S/C15H14FN3O3/c16-12-5-3-11(4-6-12)14-10-18(8-9-22-14)15-13(19(20)21)2-1-7-17-15/h1-7,14H,8-10H2/t14-/m1/s1. The molecule has 0 bridgehead atoms. The van der Waals surface area contributed by atoms with Crippen LogP contribution >= 0.6 is 0 Å². The van der Waals surface area contributed by atoms with E-state index in [1.54, 1.807) is 18.2 Å². The van der Waals surface area contributed by atoms with E-state index in [4.69, 9.17) is 4.74 Å². The summed E-state index contributed by atoms with van der Waals surface area (Å²) in [5.41, 5.74) is 0.812. The Morgan fingerprint density at radius 3 is 2.82 bits per heavy atom. The van der Waals surface area contributed by atoms with Crippen molar-refractivity contribution in [1.82, 2.24) is 4.98 Å². The summed E-state index contributed by atoms with van der Waals surface area (Å²) in [6.07, 6.45) is 1.26. The molecule has 0 N–H and O–H groups in total. The van der Waals surface area contributed by atoms with E-state index in [0.717, 1.165) is 5.56 Å². The largest absolute Gasteiger partial charge is 0.370 e. The first-order chi connectivity index (χ1) is 10.6. The number of halogens is 1. The molecule has 1 aliphatic heterocycles. The van der Waals surface area contributed by atoms with Crippen molar-refractivity contribution >= 4 is 11.5 Å². The van der Waals surface area contributed by atoms with Gasteiger partial charge in [0.1, 0.15) is 11.9 Å². The van der Waals surface area contributed by atoms with Crippen LogP contribution in [0.4, 0.5) is 15.9 Å². The summed E-state index contributed by atoms with van der Waals surface area (Å²) in [6.45, 7) is 1.38. The summed E-state index contributed by atoms with van der Waals surface area (Å²) in [5.74, 6) is 0.0275. The van der Waals surface area contributed by atoms with Gasteiger partial charge in [0.05, 0.1) is 18.1 Å². The number of morpholine rings is 1. The lowest BCUT2D eigenvalue weighted by Gasteiger charge is -2.33. The van der Waals surface area contributed by atoms with Crippen molar-refractivity contribution in [3.8, 4) is 0 Å². The molecule has 1 aliphatic rings. The maximum absolute atomic E-state index is 13.0. The molecule has 0 spiro atoms. The number of hydrogen-bond donors (Lipinski definition) is 0. The molecule has 6 nitrogen and oxygen atoms in total. The molecule has 1 aromatic heterocycles. The van der Waals surface area contributed by atoms with Gasteiger partial charge in [0.2, 0.25) is 5.82 Å². The number of rotatable bonds is 3. The van der Waals surface area contributed by atoms with Crippen LogP contribution in [0, 0.1) is 15.9 Å². The Morgan fingerprint density at radius 2 is 2.09 bits per heavy atom. The zero-order chi connectivity index (χ0) is 15.5. The average Bonchev–Trinajstić information content (AvgIpc) is 2.55. The fourth-order valence-corrected chi connectivity index (χ4v) is 2.50. The van der Waals surface area contributed by atoms with Gasteiger partial charge in [0.25, 0.3) is 0 Å². The lowest BCUT2D eigenvalue weighted by Crippen LogP contribution is -2.39. The third-order valence-corrected chi connectivity index (χ3v) is 3.57. The number of benzene rings is 1. The quantitative estimate of drug-likeness (QED) is 0.644. The molecule has 1 fully saturated rings. The fraction of sp³-hybridized carbons (Fsp3) is 0.267. The van der Waals surface area contributed by atoms with Gasteiger partial charge < -0.3 is 9.64 Å². The molecule has 1 aromatic carbocycles. The molecule has 1 saturated heterocycles. The normalized spacial score (nSPS) is 18.2. The summed E-state index contributed by atoms with van der Waals surface area (Å²) >= 11 is 0. The van der Waals surface area contributed by atoms with E-state index in [1.165, 1.54) is 24.4 Å². The van der Waals surface area contributed by atoms with Crippen LogP contribution in [-0.4, -0.2) is 29.6 Å². The highest BCUT2D eigenvalue weighted by Gasteiger charge is 2.27. The van der Waals surface area contributed by atoms with Gasteiger partial charge in [0, 0.05) is 18.8 Å². The van der Waals surface area contributed by atoms with Gasteiger partial charge in [-0.05, 0) is 23.8 Å². The minimum Gasteiger partial charge on any atom is -0.370 e. The maximum Gasteiger partial charge on any atom is 0.311 e. The summed E-state index contributed by atoms with van der Waals surface area (Å²) < 4.78 is 18.7. The molecule has 7 heteroatoms. The van der Waals surface area contributed by atoms with Crippen LogP contribution in [0.5, 0.6) is 0 Å². The van der Waals surface area contributed by atoms with E-state index in [-0.39, 0.29) is 17.6 Å². The van der Waals surface area contributed by atoms with Crippen LogP contribution in [-0.2, 0) is 4.74 Å². The summed E-state index contributed by atoms with van der Waals surface area (Å²) in [6, 6.07) is 9.05. The Morgan fingerprint density at radius 1 is 1.32 bits per heavy atom. The second kappa shape index (κ2) is 6.07. The number of hydrogen-bond acceptors (Lipinski definition) is 5. The first-order valence-electron chi connectivity index (χ1n) is 6.86. The van der Waals surface area contributed by atoms with Crippen molar-refractivity contribution in [2.75, 3.05) is 24.6 Å². The van der Waals surface area contributed by atoms with Crippen molar-refractivity contribution in [3.63, 3.8) is 0 Å². The Balaban J connectivity index is 1.84. The molecule has 2 aromatic rings. The molecule has 0 aliphatic carbocycles. The van der Waals surface area contributed by atoms with Gasteiger partial charge in [0.15, 0.2) is 0 Å². The zero-order valence-corrected chi connectivity index (χ0v) is 11.7. The number of nitro groups is 1. The van der Waals surface area contributed by atoms with Crippen molar-refractivity contribution in [3.05, 3.63) is 64.1 Å². The summed E-state index contributed by atoms with van der Waals surface area (Å²) in [7, 11) is 0. The lowest BCUT2D eigenvalue weighted by atomic mass is 10.1. The van der Waals surface area contributed by atoms with E-state index >= 15 is 0 Å². The molecule has 0 amide bonds. The second-order valence-electron chi connectivity index (χ2n) is 4.96. The van der Waals surface area contributed by atoms with Gasteiger partial charge in [-0.15, -0.1) is 0 Å². The molecule has 0 unspecified atom stereocenters. The summed E-state index contributed by atoms with van der Waals surface area (Å²) in [4.78, 5) is 16.6. The van der Waals surface area contributed by atoms with Gasteiger partial charge >= 0.3 is 5.69 Å². The van der Waals surface area contributed by atoms with E-state index in [0.29, 0.717) is 25.5 Å². The van der Waals surface area contributed by atoms with Gasteiger partial charge in [-0.3, -0.25) is 10.1 Å². The lowest BCUT2D eigenvalue weighted by molar-refractivity contribution is -0.384. The average molecular weight is 303 g/mol. The highest BCUT2D eigenvalue weighted by atomic mass is 19.1. The highest BCUT2D eigenvalue weighted by molar-refractivity contribution is 5.57. The minimum atomic E-state index is -0.440. The SMILES string of the molecule is O=[N+]([O-])c1cccnc1N1CCO[C@@H](c2ccc(F)cc2)C1.